The summed E-state index contributed by atoms with van der Waals surface area (Å²) >= 11 is 17.4. The van der Waals surface area contributed by atoms with Crippen LogP contribution >= 0.6 is 34.8 Å². The van der Waals surface area contributed by atoms with Crippen LogP contribution in [-0.2, 0) is 6.42 Å². The second-order valence-electron chi connectivity index (χ2n) is 3.96. The number of hydrogen-bond acceptors (Lipinski definition) is 1. The van der Waals surface area contributed by atoms with Gasteiger partial charge in [0.2, 0.25) is 0 Å². The zero-order chi connectivity index (χ0) is 14.0. The first-order chi connectivity index (χ1) is 8.97. The third kappa shape index (κ3) is 3.47. The Labute approximate surface area is 124 Å². The van der Waals surface area contributed by atoms with Crippen LogP contribution in [0, 0.1) is 5.82 Å². The lowest BCUT2D eigenvalue weighted by Gasteiger charge is -2.06. The van der Waals surface area contributed by atoms with Gasteiger partial charge in [-0.1, -0.05) is 40.9 Å². The molecule has 2 rings (SSSR count). The smallest absolute Gasteiger partial charge is 0.168 e. The number of benzene rings is 2. The Hall–Kier alpha value is -1.09. The molecule has 0 atom stereocenters. The van der Waals surface area contributed by atoms with E-state index in [0.29, 0.717) is 10.0 Å². The number of carbonyl (C=O) groups is 1. The number of Topliss-reactive ketones (excluding diaryl/α,β-unsaturated/α-hetero) is 1. The van der Waals surface area contributed by atoms with Crippen molar-refractivity contribution < 1.29 is 9.18 Å². The minimum Gasteiger partial charge on any atom is -0.294 e. The van der Waals surface area contributed by atoms with Crippen LogP contribution in [0.25, 0.3) is 0 Å². The maximum atomic E-state index is 13.6. The normalized spacial score (nSPS) is 10.5. The van der Waals surface area contributed by atoms with Crippen LogP contribution in [0.5, 0.6) is 0 Å². The van der Waals surface area contributed by atoms with E-state index in [-0.39, 0.29) is 28.4 Å². The van der Waals surface area contributed by atoms with Gasteiger partial charge in [0.15, 0.2) is 5.78 Å². The Morgan fingerprint density at radius 1 is 1.00 bits per heavy atom. The van der Waals surface area contributed by atoms with Gasteiger partial charge in [0.1, 0.15) is 5.82 Å². The fourth-order valence-electron chi connectivity index (χ4n) is 1.64. The van der Waals surface area contributed by atoms with Gasteiger partial charge >= 0.3 is 0 Å². The van der Waals surface area contributed by atoms with E-state index in [1.54, 1.807) is 6.07 Å². The minimum atomic E-state index is -0.515. The third-order valence-corrected chi connectivity index (χ3v) is 3.39. The lowest BCUT2D eigenvalue weighted by Crippen LogP contribution is -2.06. The second kappa shape index (κ2) is 5.91. The van der Waals surface area contributed by atoms with Crippen molar-refractivity contribution in [1.82, 2.24) is 0 Å². The fraction of sp³-hybridized carbons (Fsp3) is 0.0714. The Balaban J connectivity index is 2.28. The van der Waals surface area contributed by atoms with E-state index in [1.165, 1.54) is 30.3 Å². The highest BCUT2D eigenvalue weighted by atomic mass is 35.5. The minimum absolute atomic E-state index is 0.0942. The highest BCUT2D eigenvalue weighted by molar-refractivity contribution is 6.36. The molecule has 0 N–H and O–H groups in total. The largest absolute Gasteiger partial charge is 0.294 e. The molecule has 0 radical (unpaired) electrons. The van der Waals surface area contributed by atoms with E-state index in [1.807, 2.05) is 0 Å². The maximum Gasteiger partial charge on any atom is 0.168 e. The first kappa shape index (κ1) is 14.3. The molecule has 0 aliphatic heterocycles. The summed E-state index contributed by atoms with van der Waals surface area (Å²) in [5, 5.41) is 0.989. The van der Waals surface area contributed by atoms with Crippen molar-refractivity contribution in [2.45, 2.75) is 6.42 Å². The topological polar surface area (TPSA) is 17.1 Å². The molecule has 2 aromatic rings. The van der Waals surface area contributed by atoms with Crippen LogP contribution in [0.3, 0.4) is 0 Å². The molecular weight excluding hydrogens is 310 g/mol. The summed E-state index contributed by atoms with van der Waals surface area (Å²) in [6.45, 7) is 0. The zero-order valence-corrected chi connectivity index (χ0v) is 11.9. The summed E-state index contributed by atoms with van der Waals surface area (Å²) in [5.74, 6) is -0.812. The van der Waals surface area contributed by atoms with Gasteiger partial charge in [0.05, 0.1) is 5.02 Å². The first-order valence-electron chi connectivity index (χ1n) is 5.39. The molecule has 5 heteroatoms. The number of carbonyl (C=O) groups excluding carboxylic acids is 1. The second-order valence-corrected chi connectivity index (χ2v) is 5.24. The average Bonchev–Trinajstić information content (AvgIpc) is 2.35. The summed E-state index contributed by atoms with van der Waals surface area (Å²) in [6, 6.07) is 8.78. The third-order valence-electron chi connectivity index (χ3n) is 2.59. The van der Waals surface area contributed by atoms with Crippen molar-refractivity contribution in [3.8, 4) is 0 Å². The zero-order valence-electron chi connectivity index (χ0n) is 9.59. The van der Waals surface area contributed by atoms with E-state index < -0.39 is 5.82 Å². The lowest BCUT2D eigenvalue weighted by atomic mass is 10.0. The van der Waals surface area contributed by atoms with Gasteiger partial charge in [0, 0.05) is 22.0 Å². The van der Waals surface area contributed by atoms with Crippen LogP contribution in [0.2, 0.25) is 15.1 Å². The van der Waals surface area contributed by atoms with Crippen molar-refractivity contribution in [3.63, 3.8) is 0 Å². The highest BCUT2D eigenvalue weighted by Gasteiger charge is 2.14. The molecule has 0 fully saturated rings. The number of halogens is 4. The van der Waals surface area contributed by atoms with E-state index in [4.69, 9.17) is 34.8 Å². The standard InChI is InChI=1S/C14H8Cl3FO/c15-9-3-4-12(17)11(6-9)14(19)5-8-1-2-10(16)7-13(8)18/h1-4,6-7H,5H2. The Morgan fingerprint density at radius 3 is 2.32 bits per heavy atom. The maximum absolute atomic E-state index is 13.6. The average molecular weight is 318 g/mol. The number of ketones is 1. The van der Waals surface area contributed by atoms with Crippen LogP contribution < -0.4 is 0 Å². The van der Waals surface area contributed by atoms with Crippen molar-refractivity contribution in [2.75, 3.05) is 0 Å². The van der Waals surface area contributed by atoms with E-state index in [0.717, 1.165) is 0 Å². The van der Waals surface area contributed by atoms with Gasteiger partial charge in [-0.05, 0) is 35.9 Å². The molecule has 0 spiro atoms. The molecule has 0 amide bonds. The lowest BCUT2D eigenvalue weighted by molar-refractivity contribution is 0.0992. The summed E-state index contributed by atoms with van der Waals surface area (Å²) in [5.41, 5.74) is 0.550. The van der Waals surface area contributed by atoms with Gasteiger partial charge in [-0.3, -0.25) is 4.79 Å². The molecule has 19 heavy (non-hydrogen) atoms. The molecule has 0 saturated heterocycles. The monoisotopic (exact) mass is 316 g/mol. The van der Waals surface area contributed by atoms with Crippen LogP contribution in [0.15, 0.2) is 36.4 Å². The summed E-state index contributed by atoms with van der Waals surface area (Å²) in [4.78, 5) is 12.1. The molecule has 0 heterocycles. The Bertz CT molecular complexity index is 641. The summed E-state index contributed by atoms with van der Waals surface area (Å²) in [6.07, 6.45) is -0.0942. The predicted octanol–water partition coefficient (Wildman–Crippen LogP) is 5.21. The van der Waals surface area contributed by atoms with Crippen molar-refractivity contribution in [2.24, 2.45) is 0 Å². The summed E-state index contributed by atoms with van der Waals surface area (Å²) < 4.78 is 13.6. The molecule has 0 saturated carbocycles. The molecular formula is C14H8Cl3FO. The molecule has 0 unspecified atom stereocenters. The van der Waals surface area contributed by atoms with E-state index in [2.05, 4.69) is 0 Å². The molecule has 98 valence electrons. The van der Waals surface area contributed by atoms with Crippen LogP contribution in [0.1, 0.15) is 15.9 Å². The molecule has 0 aromatic heterocycles. The van der Waals surface area contributed by atoms with Gasteiger partial charge in [-0.2, -0.15) is 0 Å². The molecule has 0 aliphatic rings. The summed E-state index contributed by atoms with van der Waals surface area (Å²) in [7, 11) is 0. The molecule has 1 nitrogen and oxygen atoms in total. The predicted molar refractivity (Wildman–Crippen MR) is 75.9 cm³/mol. The van der Waals surface area contributed by atoms with Gasteiger partial charge in [-0.15, -0.1) is 0 Å². The molecule has 0 aliphatic carbocycles. The van der Waals surface area contributed by atoms with Crippen molar-refractivity contribution in [1.29, 1.82) is 0 Å². The highest BCUT2D eigenvalue weighted by Crippen LogP contribution is 2.23. The number of rotatable bonds is 3. The van der Waals surface area contributed by atoms with Gasteiger partial charge in [0.25, 0.3) is 0 Å². The van der Waals surface area contributed by atoms with Crippen LogP contribution in [-0.4, -0.2) is 5.78 Å². The first-order valence-corrected chi connectivity index (χ1v) is 6.53. The molecule has 0 bridgehead atoms. The van der Waals surface area contributed by atoms with Gasteiger partial charge < -0.3 is 0 Å². The molecule has 2 aromatic carbocycles. The van der Waals surface area contributed by atoms with E-state index >= 15 is 0 Å². The van der Waals surface area contributed by atoms with Gasteiger partial charge in [-0.25, -0.2) is 4.39 Å². The van der Waals surface area contributed by atoms with Crippen molar-refractivity contribution in [3.05, 3.63) is 68.4 Å². The van der Waals surface area contributed by atoms with E-state index in [9.17, 15) is 9.18 Å². The quantitative estimate of drug-likeness (QED) is 0.710. The van der Waals surface area contributed by atoms with Crippen LogP contribution in [0.4, 0.5) is 4.39 Å². The fourth-order valence-corrected chi connectivity index (χ4v) is 2.20. The van der Waals surface area contributed by atoms with Crippen molar-refractivity contribution >= 4 is 40.6 Å². The number of hydrogen-bond donors (Lipinski definition) is 0. The Morgan fingerprint density at radius 2 is 1.63 bits per heavy atom. The SMILES string of the molecule is O=C(Cc1ccc(Cl)cc1F)c1cc(Cl)ccc1Cl. The Kier molecular flexibility index (Phi) is 4.46.